The number of hydrogen-bond donors (Lipinski definition) is 2. The van der Waals surface area contributed by atoms with Gasteiger partial charge in [0.15, 0.2) is 0 Å². The number of nitrogens with zero attached hydrogens (tertiary/aromatic N) is 2. The lowest BCUT2D eigenvalue weighted by atomic mass is 10.0. The predicted octanol–water partition coefficient (Wildman–Crippen LogP) is 6.66. The Hall–Kier alpha value is -0.480. The molecule has 0 radical (unpaired) electrons. The monoisotopic (exact) mass is 434 g/mol. The zero-order valence-electron chi connectivity index (χ0n) is 17.9. The first-order valence-electron chi connectivity index (χ1n) is 11.4. The summed E-state index contributed by atoms with van der Waals surface area (Å²) < 4.78 is 0. The van der Waals surface area contributed by atoms with E-state index in [0.717, 1.165) is 50.7 Å². The third kappa shape index (κ3) is 11.5. The first-order chi connectivity index (χ1) is 12.8. The van der Waals surface area contributed by atoms with Gasteiger partial charge in [-0.15, -0.1) is 24.8 Å². The molecule has 2 N–H and O–H groups in total. The van der Waals surface area contributed by atoms with Crippen LogP contribution in [0.2, 0.25) is 0 Å². The van der Waals surface area contributed by atoms with Crippen LogP contribution in [0.25, 0.3) is 0 Å². The second kappa shape index (κ2) is 17.4. The first-order valence-corrected chi connectivity index (χ1v) is 11.4. The number of nitrogens with one attached hydrogen (secondary N) is 2. The van der Waals surface area contributed by atoms with Crippen LogP contribution >= 0.6 is 24.8 Å². The summed E-state index contributed by atoms with van der Waals surface area (Å²) in [5.74, 6) is 1.78. The second-order valence-corrected chi connectivity index (χ2v) is 8.32. The zero-order chi connectivity index (χ0) is 18.5. The van der Waals surface area contributed by atoms with E-state index in [4.69, 9.17) is 10.8 Å². The number of amidine groups is 2. The van der Waals surface area contributed by atoms with Crippen molar-refractivity contribution in [2.24, 2.45) is 0 Å². The Labute approximate surface area is 186 Å². The standard InChI is InChI=1S/C22H42N4.2ClH/c23-21(25-17-11-12-18-25)15-9-7-5-3-1-2-4-6-8-10-16-22(24)26-19-13-14-20-26;;/h23-24H,1-20H2;2*1H. The summed E-state index contributed by atoms with van der Waals surface area (Å²) in [7, 11) is 0. The van der Waals surface area contributed by atoms with Crippen molar-refractivity contribution in [3.8, 4) is 0 Å². The summed E-state index contributed by atoms with van der Waals surface area (Å²) in [5, 5.41) is 16.2. The van der Waals surface area contributed by atoms with Crippen LogP contribution in [-0.4, -0.2) is 47.7 Å². The molecule has 2 aliphatic heterocycles. The topological polar surface area (TPSA) is 54.2 Å². The van der Waals surface area contributed by atoms with Gasteiger partial charge in [-0.2, -0.15) is 0 Å². The lowest BCUT2D eigenvalue weighted by Crippen LogP contribution is -2.26. The fraction of sp³-hybridized carbons (Fsp3) is 0.909. The summed E-state index contributed by atoms with van der Waals surface area (Å²) in [6.45, 7) is 4.49. The maximum Gasteiger partial charge on any atom is 0.0957 e. The van der Waals surface area contributed by atoms with Crippen LogP contribution in [0.5, 0.6) is 0 Å². The molecular weight excluding hydrogens is 391 g/mol. The number of halogens is 2. The van der Waals surface area contributed by atoms with Crippen LogP contribution in [0.4, 0.5) is 0 Å². The predicted molar refractivity (Wildman–Crippen MR) is 127 cm³/mol. The third-order valence-corrected chi connectivity index (χ3v) is 6.05. The molecule has 2 fully saturated rings. The van der Waals surface area contributed by atoms with Gasteiger partial charge in [0.2, 0.25) is 0 Å². The van der Waals surface area contributed by atoms with Crippen molar-refractivity contribution >= 4 is 36.5 Å². The molecule has 0 saturated carbocycles. The van der Waals surface area contributed by atoms with Gasteiger partial charge in [0.05, 0.1) is 11.7 Å². The zero-order valence-corrected chi connectivity index (χ0v) is 19.5. The molecule has 2 heterocycles. The third-order valence-electron chi connectivity index (χ3n) is 6.05. The smallest absolute Gasteiger partial charge is 0.0957 e. The maximum absolute atomic E-state index is 8.10. The largest absolute Gasteiger partial charge is 0.361 e. The average Bonchev–Trinajstić information content (AvgIpc) is 3.35. The highest BCUT2D eigenvalue weighted by atomic mass is 35.5. The van der Waals surface area contributed by atoms with E-state index in [1.165, 1.54) is 89.9 Å². The van der Waals surface area contributed by atoms with Crippen molar-refractivity contribution in [2.45, 2.75) is 103 Å². The molecule has 0 amide bonds. The Morgan fingerprint density at radius 2 is 0.714 bits per heavy atom. The number of likely N-dealkylation sites (tertiary alicyclic amines) is 2. The van der Waals surface area contributed by atoms with Crippen LogP contribution in [-0.2, 0) is 0 Å². The molecule has 0 spiro atoms. The van der Waals surface area contributed by atoms with Gasteiger partial charge in [-0.05, 0) is 38.5 Å². The van der Waals surface area contributed by atoms with Crippen molar-refractivity contribution in [3.05, 3.63) is 0 Å². The van der Waals surface area contributed by atoms with Crippen LogP contribution < -0.4 is 0 Å². The molecule has 0 atom stereocenters. The van der Waals surface area contributed by atoms with Crippen molar-refractivity contribution < 1.29 is 0 Å². The van der Waals surface area contributed by atoms with Crippen LogP contribution in [0.15, 0.2) is 0 Å². The Bertz CT molecular complexity index is 367. The van der Waals surface area contributed by atoms with Gasteiger partial charge in [0.1, 0.15) is 0 Å². The van der Waals surface area contributed by atoms with Crippen LogP contribution in [0, 0.1) is 10.8 Å². The first kappa shape index (κ1) is 27.5. The van der Waals surface area contributed by atoms with Crippen molar-refractivity contribution in [1.29, 1.82) is 10.8 Å². The number of unbranched alkanes of at least 4 members (excludes halogenated alkanes) is 9. The van der Waals surface area contributed by atoms with E-state index in [1.54, 1.807) is 0 Å². The molecule has 2 saturated heterocycles. The average molecular weight is 436 g/mol. The minimum Gasteiger partial charge on any atom is -0.361 e. The van der Waals surface area contributed by atoms with E-state index in [-0.39, 0.29) is 24.8 Å². The highest BCUT2D eigenvalue weighted by molar-refractivity contribution is 5.85. The van der Waals surface area contributed by atoms with Gasteiger partial charge in [-0.25, -0.2) is 0 Å². The van der Waals surface area contributed by atoms with Crippen molar-refractivity contribution in [1.82, 2.24) is 9.80 Å². The minimum absolute atomic E-state index is 0. The molecule has 0 aromatic carbocycles. The molecule has 28 heavy (non-hydrogen) atoms. The van der Waals surface area contributed by atoms with E-state index in [0.29, 0.717) is 0 Å². The fourth-order valence-electron chi connectivity index (χ4n) is 4.29. The van der Waals surface area contributed by atoms with E-state index in [1.807, 2.05) is 0 Å². The lowest BCUT2D eigenvalue weighted by Gasteiger charge is -2.18. The summed E-state index contributed by atoms with van der Waals surface area (Å²) >= 11 is 0. The Morgan fingerprint density at radius 1 is 0.464 bits per heavy atom. The molecule has 0 bridgehead atoms. The van der Waals surface area contributed by atoms with Crippen molar-refractivity contribution in [3.63, 3.8) is 0 Å². The molecule has 0 unspecified atom stereocenters. The normalized spacial score (nSPS) is 16.0. The van der Waals surface area contributed by atoms with Gasteiger partial charge in [-0.3, -0.25) is 10.8 Å². The van der Waals surface area contributed by atoms with Gasteiger partial charge in [0.25, 0.3) is 0 Å². The Balaban J connectivity index is 0.00000364. The van der Waals surface area contributed by atoms with Gasteiger partial charge < -0.3 is 9.80 Å². The van der Waals surface area contributed by atoms with E-state index >= 15 is 0 Å². The highest BCUT2D eigenvalue weighted by Gasteiger charge is 2.14. The lowest BCUT2D eigenvalue weighted by molar-refractivity contribution is 0.491. The summed E-state index contributed by atoms with van der Waals surface area (Å²) in [5.41, 5.74) is 0. The van der Waals surface area contributed by atoms with Gasteiger partial charge in [0, 0.05) is 39.0 Å². The minimum atomic E-state index is 0. The number of hydrogen-bond acceptors (Lipinski definition) is 2. The van der Waals surface area contributed by atoms with Crippen LogP contribution in [0.3, 0.4) is 0 Å². The summed E-state index contributed by atoms with van der Waals surface area (Å²) in [4.78, 5) is 4.54. The highest BCUT2D eigenvalue weighted by Crippen LogP contribution is 2.15. The molecule has 0 aromatic heterocycles. The second-order valence-electron chi connectivity index (χ2n) is 8.32. The van der Waals surface area contributed by atoms with Gasteiger partial charge in [-0.1, -0.05) is 51.4 Å². The van der Waals surface area contributed by atoms with E-state index in [9.17, 15) is 0 Å². The summed E-state index contributed by atoms with van der Waals surface area (Å²) in [6, 6.07) is 0. The Morgan fingerprint density at radius 3 is 1.00 bits per heavy atom. The number of rotatable bonds is 13. The summed E-state index contributed by atoms with van der Waals surface area (Å²) in [6.07, 6.45) is 20.3. The molecule has 2 aliphatic rings. The maximum atomic E-state index is 8.10. The SMILES string of the molecule is Cl.Cl.N=C(CCCCCCCCCCCCC(=N)N1CCCC1)N1CCCC1. The molecule has 166 valence electrons. The van der Waals surface area contributed by atoms with E-state index < -0.39 is 0 Å². The van der Waals surface area contributed by atoms with Crippen LogP contribution in [0.1, 0.15) is 103 Å². The molecule has 0 aliphatic carbocycles. The van der Waals surface area contributed by atoms with E-state index in [2.05, 4.69) is 9.80 Å². The molecule has 4 nitrogen and oxygen atoms in total. The Kier molecular flexibility index (Phi) is 17.1. The molecule has 0 aromatic rings. The molecule has 6 heteroatoms. The molecule has 2 rings (SSSR count). The quantitative estimate of drug-likeness (QED) is 0.193. The molecular formula is C22H44Cl2N4. The fourth-order valence-corrected chi connectivity index (χ4v) is 4.29. The van der Waals surface area contributed by atoms with Crippen molar-refractivity contribution in [2.75, 3.05) is 26.2 Å². The van der Waals surface area contributed by atoms with Gasteiger partial charge >= 0.3 is 0 Å².